The van der Waals surface area contributed by atoms with Gasteiger partial charge in [-0.2, -0.15) is 13.2 Å². The van der Waals surface area contributed by atoms with Crippen LogP contribution in [0.25, 0.3) is 0 Å². The van der Waals surface area contributed by atoms with Crippen LogP contribution in [0.3, 0.4) is 0 Å². The number of nitrogens with zero attached hydrogens (tertiary/aromatic N) is 1. The summed E-state index contributed by atoms with van der Waals surface area (Å²) in [5, 5.41) is 1.83. The molecular formula is C11H12BrF3N2O. The molecule has 0 aliphatic heterocycles. The van der Waals surface area contributed by atoms with Gasteiger partial charge in [-0.1, -0.05) is 6.07 Å². The SMILES string of the molecule is CN(C)Cc1ccc(Br)c(NC(=O)C(F)(F)F)c1. The highest BCUT2D eigenvalue weighted by Gasteiger charge is 2.38. The first-order valence-corrected chi connectivity index (χ1v) is 5.81. The predicted octanol–water partition coefficient (Wildman–Crippen LogP) is 3.01. The molecule has 100 valence electrons. The summed E-state index contributed by atoms with van der Waals surface area (Å²) in [7, 11) is 3.69. The Bertz CT molecular complexity index is 446. The van der Waals surface area contributed by atoms with Crippen LogP contribution in [0, 0.1) is 0 Å². The lowest BCUT2D eigenvalue weighted by Gasteiger charge is -2.13. The van der Waals surface area contributed by atoms with Crippen molar-refractivity contribution in [3.63, 3.8) is 0 Å². The number of carbonyl (C=O) groups excluding carboxylic acids is 1. The van der Waals surface area contributed by atoms with Gasteiger partial charge in [-0.05, 0) is 47.7 Å². The van der Waals surface area contributed by atoms with E-state index in [2.05, 4.69) is 15.9 Å². The van der Waals surface area contributed by atoms with E-state index in [-0.39, 0.29) is 5.69 Å². The second-order valence-corrected chi connectivity index (χ2v) is 4.86. The van der Waals surface area contributed by atoms with Crippen molar-refractivity contribution in [1.29, 1.82) is 0 Å². The smallest absolute Gasteiger partial charge is 0.317 e. The van der Waals surface area contributed by atoms with Crippen molar-refractivity contribution in [2.45, 2.75) is 12.7 Å². The van der Waals surface area contributed by atoms with Crippen LogP contribution in [0.15, 0.2) is 22.7 Å². The van der Waals surface area contributed by atoms with E-state index in [0.717, 1.165) is 5.56 Å². The maximum absolute atomic E-state index is 12.1. The molecule has 0 atom stereocenters. The zero-order valence-electron chi connectivity index (χ0n) is 9.81. The van der Waals surface area contributed by atoms with Crippen molar-refractivity contribution in [3.05, 3.63) is 28.2 Å². The van der Waals surface area contributed by atoms with Crippen LogP contribution in [-0.2, 0) is 11.3 Å². The number of hydrogen-bond donors (Lipinski definition) is 1. The summed E-state index contributed by atoms with van der Waals surface area (Å²) in [6.07, 6.45) is -4.89. The van der Waals surface area contributed by atoms with Crippen LogP contribution < -0.4 is 5.32 Å². The second kappa shape index (κ2) is 5.71. The molecule has 0 saturated heterocycles. The third kappa shape index (κ3) is 4.30. The minimum absolute atomic E-state index is 0.108. The van der Waals surface area contributed by atoms with Gasteiger partial charge in [0.1, 0.15) is 0 Å². The number of anilines is 1. The monoisotopic (exact) mass is 324 g/mol. The molecule has 1 rings (SSSR count). The van der Waals surface area contributed by atoms with E-state index in [1.165, 1.54) is 6.07 Å². The number of carbonyl (C=O) groups is 1. The maximum atomic E-state index is 12.1. The average Bonchev–Trinajstić information content (AvgIpc) is 2.20. The minimum Gasteiger partial charge on any atom is -0.317 e. The van der Waals surface area contributed by atoms with Crippen LogP contribution in [0.1, 0.15) is 5.56 Å². The van der Waals surface area contributed by atoms with Gasteiger partial charge in [0.2, 0.25) is 0 Å². The third-order valence-corrected chi connectivity index (χ3v) is 2.73. The molecule has 7 heteroatoms. The van der Waals surface area contributed by atoms with E-state index in [0.29, 0.717) is 11.0 Å². The van der Waals surface area contributed by atoms with Crippen molar-refractivity contribution < 1.29 is 18.0 Å². The first-order chi connectivity index (χ1) is 8.20. The van der Waals surface area contributed by atoms with Gasteiger partial charge < -0.3 is 10.2 Å². The lowest BCUT2D eigenvalue weighted by Crippen LogP contribution is -2.30. The fraction of sp³-hybridized carbons (Fsp3) is 0.364. The highest BCUT2D eigenvalue weighted by atomic mass is 79.9. The average molecular weight is 325 g/mol. The molecule has 0 fully saturated rings. The lowest BCUT2D eigenvalue weighted by molar-refractivity contribution is -0.167. The Balaban J connectivity index is 2.91. The Morgan fingerprint density at radius 1 is 1.39 bits per heavy atom. The van der Waals surface area contributed by atoms with Crippen LogP contribution in [-0.4, -0.2) is 31.1 Å². The van der Waals surface area contributed by atoms with Gasteiger partial charge >= 0.3 is 12.1 Å². The topological polar surface area (TPSA) is 32.3 Å². The van der Waals surface area contributed by atoms with E-state index in [9.17, 15) is 18.0 Å². The Morgan fingerprint density at radius 3 is 2.50 bits per heavy atom. The molecule has 0 aliphatic carbocycles. The molecule has 0 heterocycles. The minimum atomic E-state index is -4.89. The highest BCUT2D eigenvalue weighted by molar-refractivity contribution is 9.10. The Hall–Kier alpha value is -1.08. The molecule has 0 unspecified atom stereocenters. The summed E-state index contributed by atoms with van der Waals surface area (Å²) in [6, 6.07) is 4.88. The fourth-order valence-corrected chi connectivity index (χ4v) is 1.67. The predicted molar refractivity (Wildman–Crippen MR) is 66.2 cm³/mol. The van der Waals surface area contributed by atoms with Crippen molar-refractivity contribution in [2.24, 2.45) is 0 Å². The molecule has 0 aliphatic rings. The van der Waals surface area contributed by atoms with Gasteiger partial charge in [0.25, 0.3) is 0 Å². The van der Waals surface area contributed by atoms with Crippen molar-refractivity contribution >= 4 is 27.5 Å². The largest absolute Gasteiger partial charge is 0.471 e. The van der Waals surface area contributed by atoms with Crippen LogP contribution >= 0.6 is 15.9 Å². The first-order valence-electron chi connectivity index (χ1n) is 5.01. The van der Waals surface area contributed by atoms with Crippen molar-refractivity contribution in [2.75, 3.05) is 19.4 Å². The van der Waals surface area contributed by atoms with Gasteiger partial charge in [-0.25, -0.2) is 0 Å². The molecule has 0 bridgehead atoms. The molecule has 1 amide bonds. The summed E-state index contributed by atoms with van der Waals surface area (Å²) in [5.41, 5.74) is 0.914. The van der Waals surface area contributed by atoms with Crippen LogP contribution in [0.2, 0.25) is 0 Å². The number of benzene rings is 1. The number of rotatable bonds is 3. The summed E-state index contributed by atoms with van der Waals surface area (Å²) in [6.45, 7) is 0.572. The number of alkyl halides is 3. The number of nitrogens with one attached hydrogen (secondary N) is 1. The quantitative estimate of drug-likeness (QED) is 0.927. The molecule has 3 nitrogen and oxygen atoms in total. The zero-order valence-corrected chi connectivity index (χ0v) is 11.4. The molecule has 0 saturated carbocycles. The van der Waals surface area contributed by atoms with E-state index < -0.39 is 12.1 Å². The number of amides is 1. The molecular weight excluding hydrogens is 313 g/mol. The van der Waals surface area contributed by atoms with Crippen molar-refractivity contribution in [1.82, 2.24) is 4.90 Å². The van der Waals surface area contributed by atoms with Gasteiger partial charge in [0, 0.05) is 11.0 Å². The molecule has 18 heavy (non-hydrogen) atoms. The number of hydrogen-bond acceptors (Lipinski definition) is 2. The molecule has 1 aromatic carbocycles. The maximum Gasteiger partial charge on any atom is 0.471 e. The normalized spacial score (nSPS) is 11.7. The zero-order chi connectivity index (χ0) is 13.9. The third-order valence-electron chi connectivity index (χ3n) is 2.04. The van der Waals surface area contributed by atoms with E-state index in [1.54, 1.807) is 12.1 Å². The molecule has 1 aromatic rings. The Morgan fingerprint density at radius 2 is 2.00 bits per heavy atom. The molecule has 0 spiro atoms. The van der Waals surface area contributed by atoms with Crippen LogP contribution in [0.4, 0.5) is 18.9 Å². The first kappa shape index (κ1) is 15.0. The summed E-state index contributed by atoms with van der Waals surface area (Å²) >= 11 is 3.10. The fourth-order valence-electron chi connectivity index (χ4n) is 1.32. The van der Waals surface area contributed by atoms with E-state index in [4.69, 9.17) is 0 Å². The molecule has 0 radical (unpaired) electrons. The van der Waals surface area contributed by atoms with Gasteiger partial charge in [0.15, 0.2) is 0 Å². The van der Waals surface area contributed by atoms with E-state index >= 15 is 0 Å². The summed E-state index contributed by atoms with van der Waals surface area (Å²) < 4.78 is 36.8. The van der Waals surface area contributed by atoms with Crippen LogP contribution in [0.5, 0.6) is 0 Å². The van der Waals surface area contributed by atoms with Crippen molar-refractivity contribution in [3.8, 4) is 0 Å². The lowest BCUT2D eigenvalue weighted by atomic mass is 10.2. The Kier molecular flexibility index (Phi) is 4.75. The van der Waals surface area contributed by atoms with Gasteiger partial charge in [-0.15, -0.1) is 0 Å². The van der Waals surface area contributed by atoms with Gasteiger partial charge in [0.05, 0.1) is 5.69 Å². The molecule has 0 aromatic heterocycles. The van der Waals surface area contributed by atoms with E-state index in [1.807, 2.05) is 24.3 Å². The Labute approximate surface area is 111 Å². The summed E-state index contributed by atoms with van der Waals surface area (Å²) in [5.74, 6) is -1.98. The second-order valence-electron chi connectivity index (χ2n) is 4.00. The highest BCUT2D eigenvalue weighted by Crippen LogP contribution is 2.26. The van der Waals surface area contributed by atoms with Gasteiger partial charge in [-0.3, -0.25) is 4.79 Å². The number of halogens is 4. The molecule has 1 N–H and O–H groups in total. The standard InChI is InChI=1S/C11H12BrF3N2O/c1-17(2)6-7-3-4-8(12)9(5-7)16-10(18)11(13,14)15/h3-5H,6H2,1-2H3,(H,16,18). The summed E-state index contributed by atoms with van der Waals surface area (Å²) in [4.78, 5) is 12.7.